The fourth-order valence-electron chi connectivity index (χ4n) is 5.66. The third kappa shape index (κ3) is 6.32. The summed E-state index contributed by atoms with van der Waals surface area (Å²) in [4.78, 5) is 19.2. The number of rotatable bonds is 10. The number of phenols is 1. The number of ether oxygens (including phenoxy) is 1. The lowest BCUT2D eigenvalue weighted by atomic mass is 9.97. The third-order valence-corrected chi connectivity index (χ3v) is 8.59. The SMILES string of the molecule is C=[N+](CCC[C@@H]1CCN(c2cc(-c3cc(F)cc(-c4ccc(-n5ccn(C)c5=O)c(Cl)c4)c3O)cnc2OC)C1)C(C)C. The molecule has 1 fully saturated rings. The van der Waals surface area contributed by atoms with E-state index in [0.29, 0.717) is 45.2 Å². The molecule has 0 unspecified atom stereocenters. The molecule has 1 N–H and O–H groups in total. The van der Waals surface area contributed by atoms with Crippen LogP contribution in [0.2, 0.25) is 5.02 Å². The van der Waals surface area contributed by atoms with Crippen LogP contribution >= 0.6 is 11.6 Å². The largest absolute Gasteiger partial charge is 0.507 e. The predicted molar refractivity (Wildman–Crippen MR) is 170 cm³/mol. The molecule has 3 heterocycles. The van der Waals surface area contributed by atoms with Gasteiger partial charge in [-0.3, -0.25) is 4.57 Å². The van der Waals surface area contributed by atoms with Gasteiger partial charge in [-0.2, -0.15) is 0 Å². The quantitative estimate of drug-likeness (QED) is 0.173. The number of anilines is 1. The van der Waals surface area contributed by atoms with Crippen LogP contribution < -0.4 is 15.3 Å². The van der Waals surface area contributed by atoms with E-state index in [-0.39, 0.29) is 17.0 Å². The van der Waals surface area contributed by atoms with E-state index in [4.69, 9.17) is 16.3 Å². The minimum atomic E-state index is -0.512. The summed E-state index contributed by atoms with van der Waals surface area (Å²) in [5.41, 5.74) is 2.74. The minimum absolute atomic E-state index is 0.0952. The van der Waals surface area contributed by atoms with E-state index in [2.05, 4.69) is 35.0 Å². The molecule has 2 aromatic carbocycles. The molecule has 0 radical (unpaired) electrons. The standard InChI is InChI=1S/C33H37ClFN5O3/c1-21(2)37(3)11-6-7-22-10-12-39(20-22)30-16-24(19-36-32(30)43-5)27-18-25(35)17-26(31(27)41)23-8-9-29(28(34)15-23)40-14-13-38(4)33(40)42/h8-9,13-19,21-22H,3,6-7,10-12,20H2,1-2,4-5H3/p+1/t22-/m1/s1. The first-order chi connectivity index (χ1) is 20.6. The second kappa shape index (κ2) is 12.6. The van der Waals surface area contributed by atoms with Gasteiger partial charge in [-0.15, -0.1) is 0 Å². The van der Waals surface area contributed by atoms with E-state index in [1.165, 1.54) is 21.3 Å². The first-order valence-corrected chi connectivity index (χ1v) is 14.9. The Kier molecular flexibility index (Phi) is 8.92. The van der Waals surface area contributed by atoms with Crippen molar-refractivity contribution >= 4 is 24.0 Å². The number of phenolic OH excluding ortho intramolecular Hbond substituents is 1. The van der Waals surface area contributed by atoms with Gasteiger partial charge in [0.2, 0.25) is 5.88 Å². The summed E-state index contributed by atoms with van der Waals surface area (Å²) >= 11 is 6.56. The van der Waals surface area contributed by atoms with Crippen LogP contribution in [0.25, 0.3) is 27.9 Å². The first-order valence-electron chi connectivity index (χ1n) is 14.5. The number of hydrogen-bond donors (Lipinski definition) is 1. The molecule has 8 nitrogen and oxygen atoms in total. The summed E-state index contributed by atoms with van der Waals surface area (Å²) in [6, 6.07) is 9.90. The Labute approximate surface area is 256 Å². The maximum Gasteiger partial charge on any atom is 0.332 e. The first kappa shape index (κ1) is 30.4. The van der Waals surface area contributed by atoms with E-state index < -0.39 is 5.82 Å². The van der Waals surface area contributed by atoms with Crippen molar-refractivity contribution in [2.75, 3.05) is 31.6 Å². The van der Waals surface area contributed by atoms with Gasteiger partial charge in [0.05, 0.1) is 17.8 Å². The summed E-state index contributed by atoms with van der Waals surface area (Å²) in [5.74, 6) is 0.425. The molecule has 2 aromatic heterocycles. The molecule has 5 rings (SSSR count). The topological polar surface area (TPSA) is 75.5 Å². The van der Waals surface area contributed by atoms with Gasteiger partial charge in [-0.1, -0.05) is 17.7 Å². The van der Waals surface area contributed by atoms with Gasteiger partial charge in [0.25, 0.3) is 0 Å². The molecule has 1 atom stereocenters. The van der Waals surface area contributed by atoms with Crippen LogP contribution in [0.5, 0.6) is 11.6 Å². The van der Waals surface area contributed by atoms with Crippen LogP contribution in [-0.2, 0) is 7.05 Å². The molecule has 0 bridgehead atoms. The number of aromatic hydroxyl groups is 1. The smallest absolute Gasteiger partial charge is 0.332 e. The molecule has 226 valence electrons. The van der Waals surface area contributed by atoms with E-state index in [1.54, 1.807) is 50.9 Å². The Hall–Kier alpha value is -4.11. The zero-order chi connectivity index (χ0) is 30.8. The molecule has 0 amide bonds. The number of pyridine rings is 1. The van der Waals surface area contributed by atoms with Gasteiger partial charge in [0.15, 0.2) is 0 Å². The molecule has 43 heavy (non-hydrogen) atoms. The normalized spacial score (nSPS) is 15.0. The van der Waals surface area contributed by atoms with Crippen molar-refractivity contribution in [3.63, 3.8) is 0 Å². The van der Waals surface area contributed by atoms with E-state index >= 15 is 4.39 Å². The number of imidazole rings is 1. The highest BCUT2D eigenvalue weighted by Gasteiger charge is 2.27. The van der Waals surface area contributed by atoms with Gasteiger partial charge in [0.1, 0.15) is 36.6 Å². The summed E-state index contributed by atoms with van der Waals surface area (Å²) in [5, 5.41) is 11.7. The number of aromatic nitrogens is 3. The monoisotopic (exact) mass is 606 g/mol. The van der Waals surface area contributed by atoms with Crippen molar-refractivity contribution in [3.05, 3.63) is 76.3 Å². The maximum absolute atomic E-state index is 15.0. The summed E-state index contributed by atoms with van der Waals surface area (Å²) in [6.07, 6.45) is 8.11. The summed E-state index contributed by atoms with van der Waals surface area (Å²) in [7, 11) is 3.24. The van der Waals surface area contributed by atoms with Crippen molar-refractivity contribution in [1.82, 2.24) is 14.1 Å². The van der Waals surface area contributed by atoms with Crippen molar-refractivity contribution in [3.8, 4) is 39.6 Å². The van der Waals surface area contributed by atoms with E-state index in [1.807, 2.05) is 6.07 Å². The Morgan fingerprint density at radius 3 is 2.56 bits per heavy atom. The van der Waals surface area contributed by atoms with Crippen molar-refractivity contribution < 1.29 is 18.8 Å². The second-order valence-electron chi connectivity index (χ2n) is 11.5. The number of benzene rings is 2. The molecular formula is C33H38ClFN5O3+. The molecule has 1 saturated heterocycles. The van der Waals surface area contributed by atoms with Gasteiger partial charge in [-0.25, -0.2) is 18.7 Å². The fourth-order valence-corrected chi connectivity index (χ4v) is 5.93. The third-order valence-electron chi connectivity index (χ3n) is 8.29. The molecular weight excluding hydrogens is 569 g/mol. The van der Waals surface area contributed by atoms with Crippen molar-refractivity contribution in [2.24, 2.45) is 13.0 Å². The molecule has 4 aromatic rings. The lowest BCUT2D eigenvalue weighted by Crippen LogP contribution is -2.22. The number of halogens is 2. The number of methoxy groups -OCH3 is 1. The van der Waals surface area contributed by atoms with Crippen LogP contribution in [0.3, 0.4) is 0 Å². The molecule has 1 aliphatic rings. The van der Waals surface area contributed by atoms with Crippen LogP contribution in [0.15, 0.2) is 59.8 Å². The fraction of sp³-hybridized carbons (Fsp3) is 0.364. The van der Waals surface area contributed by atoms with Crippen LogP contribution in [0, 0.1) is 11.7 Å². The van der Waals surface area contributed by atoms with E-state index in [9.17, 15) is 9.90 Å². The number of hydrogen-bond acceptors (Lipinski definition) is 5. The second-order valence-corrected chi connectivity index (χ2v) is 11.9. The Morgan fingerprint density at radius 2 is 1.91 bits per heavy atom. The highest BCUT2D eigenvalue weighted by molar-refractivity contribution is 6.32. The number of aryl methyl sites for hydroxylation is 1. The van der Waals surface area contributed by atoms with Gasteiger partial charge in [-0.05, 0) is 68.5 Å². The molecule has 0 spiro atoms. The molecule has 0 saturated carbocycles. The Bertz CT molecular complexity index is 1710. The number of nitrogens with zero attached hydrogens (tertiary/aromatic N) is 5. The van der Waals surface area contributed by atoms with Gasteiger partial charge in [0, 0.05) is 61.8 Å². The Morgan fingerprint density at radius 1 is 1.16 bits per heavy atom. The van der Waals surface area contributed by atoms with Crippen LogP contribution in [0.1, 0.15) is 33.1 Å². The van der Waals surface area contributed by atoms with Crippen molar-refractivity contribution in [1.29, 1.82) is 0 Å². The average Bonchev–Trinajstić information content (AvgIpc) is 3.59. The zero-order valence-electron chi connectivity index (χ0n) is 25.1. The van der Waals surface area contributed by atoms with Crippen LogP contribution in [-0.4, -0.2) is 63.3 Å². The van der Waals surface area contributed by atoms with Crippen LogP contribution in [0.4, 0.5) is 10.1 Å². The summed E-state index contributed by atoms with van der Waals surface area (Å²) in [6.45, 7) is 11.1. The highest BCUT2D eigenvalue weighted by Crippen LogP contribution is 2.42. The zero-order valence-corrected chi connectivity index (χ0v) is 25.8. The lowest BCUT2D eigenvalue weighted by molar-refractivity contribution is -0.551. The molecule has 10 heteroatoms. The molecule has 0 aliphatic carbocycles. The van der Waals surface area contributed by atoms with Crippen molar-refractivity contribution in [2.45, 2.75) is 39.2 Å². The lowest BCUT2D eigenvalue weighted by Gasteiger charge is -2.22. The highest BCUT2D eigenvalue weighted by atomic mass is 35.5. The minimum Gasteiger partial charge on any atom is -0.507 e. The summed E-state index contributed by atoms with van der Waals surface area (Å²) < 4.78 is 25.6. The van der Waals surface area contributed by atoms with Gasteiger partial charge < -0.3 is 19.3 Å². The van der Waals surface area contributed by atoms with E-state index in [0.717, 1.165) is 44.6 Å². The Balaban J connectivity index is 1.42. The average molecular weight is 607 g/mol. The predicted octanol–water partition coefficient (Wildman–Crippen LogP) is 6.14. The maximum atomic E-state index is 15.0. The molecule has 1 aliphatic heterocycles. The van der Waals surface area contributed by atoms with Gasteiger partial charge >= 0.3 is 5.69 Å².